The van der Waals surface area contributed by atoms with E-state index in [4.69, 9.17) is 33.2 Å². The van der Waals surface area contributed by atoms with Gasteiger partial charge in [0.05, 0.1) is 30.9 Å². The van der Waals surface area contributed by atoms with Crippen LogP contribution in [0.5, 0.6) is 0 Å². The van der Waals surface area contributed by atoms with Crippen molar-refractivity contribution in [2.75, 3.05) is 6.61 Å². The smallest absolute Gasteiger partial charge is 0.408 e. The number of alkyl carbamates (subject to hydrolysis) is 1. The highest BCUT2D eigenvalue weighted by Crippen LogP contribution is 2.69. The zero-order chi connectivity index (χ0) is 69.8. The normalized spacial score (nSPS) is 35.2. The molecule has 5 saturated carbocycles. The van der Waals surface area contributed by atoms with E-state index in [-0.39, 0.29) is 48.7 Å². The Labute approximate surface area is 569 Å². The fourth-order valence-electron chi connectivity index (χ4n) is 20.3. The molecule has 2 aromatic rings. The molecule has 1 amide bonds. The van der Waals surface area contributed by atoms with Crippen LogP contribution in [0.2, 0.25) is 0 Å². The Hall–Kier alpha value is -6.20. The summed E-state index contributed by atoms with van der Waals surface area (Å²) in [6, 6.07) is 15.0. The first-order valence-corrected chi connectivity index (χ1v) is 36.0. The summed E-state index contributed by atoms with van der Waals surface area (Å²) in [5.41, 5.74) is -4.44. The number of ketones is 2. The molecule has 96 heavy (non-hydrogen) atoms. The lowest BCUT2D eigenvalue weighted by atomic mass is 9.42. The molecular weight excluding hydrogens is 1220 g/mol. The molecule has 6 fully saturated rings. The topological polar surface area (TPSA) is 233 Å². The second kappa shape index (κ2) is 27.8. The van der Waals surface area contributed by atoms with Gasteiger partial charge in [-0.05, 0) is 160 Å². The first kappa shape index (κ1) is 72.5. The Bertz CT molecular complexity index is 3330. The van der Waals surface area contributed by atoms with Crippen LogP contribution in [0.3, 0.4) is 0 Å². The van der Waals surface area contributed by atoms with Crippen LogP contribution in [0.1, 0.15) is 235 Å². The number of amides is 1. The molecule has 8 aliphatic rings. The molecule has 19 atom stereocenters. The Kier molecular flexibility index (Phi) is 21.0. The lowest BCUT2D eigenvalue weighted by molar-refractivity contribution is -0.339. The standard InChI is InChI=1S/C79H109NO16/c1-45(2)23-22-24-46(3)57-33-34-58-56-32-29-53-42-55(37-39-75(53,13)59(56)38-40-76(57,58)14)91-62(83)35-30-54(82)31-36-63(84)93-66(65(51-25-18-16-19-26-51)80-72(88)96-73(8,9)10)71(87)92-60-43-79(89)69(94-70(86)52-27-20-17-21-28-52)67-77(15,68(85)49(6)64(48(60)5)74(79,11)12)47(4)41-61-78(67,44-90-61)95-50(7)81/h16-21,25-29,45-47,49,55-61,65-67,69,89H,22-24,30-44H2,1-15H3,(H,80,88)/t46-,47+,49-,55+,56?,57-,58?,59?,60+,61-,65+,66-,67+,69+,75+,76-,77-,78+,79-/m1/s1. The largest absolute Gasteiger partial charge is 0.462 e. The van der Waals surface area contributed by atoms with Crippen molar-refractivity contribution in [3.05, 3.63) is 94.6 Å². The summed E-state index contributed by atoms with van der Waals surface area (Å²) in [7, 11) is 0. The van der Waals surface area contributed by atoms with Crippen molar-refractivity contribution < 1.29 is 76.6 Å². The van der Waals surface area contributed by atoms with Crippen molar-refractivity contribution in [2.45, 2.75) is 266 Å². The number of aliphatic hydroxyl groups is 1. The number of hydrogen-bond acceptors (Lipinski definition) is 16. The van der Waals surface area contributed by atoms with Gasteiger partial charge in [0.2, 0.25) is 6.10 Å². The van der Waals surface area contributed by atoms with Crippen LogP contribution in [0.4, 0.5) is 4.79 Å². The predicted molar refractivity (Wildman–Crippen MR) is 360 cm³/mol. The molecule has 0 spiro atoms. The third-order valence-corrected chi connectivity index (χ3v) is 25.3. The first-order chi connectivity index (χ1) is 45.1. The highest BCUT2D eigenvalue weighted by molar-refractivity contribution is 5.92. The Morgan fingerprint density at radius 3 is 2.09 bits per heavy atom. The van der Waals surface area contributed by atoms with Crippen LogP contribution in [0, 0.1) is 74.9 Å². The van der Waals surface area contributed by atoms with Crippen molar-refractivity contribution in [3.63, 3.8) is 0 Å². The number of hydrogen-bond donors (Lipinski definition) is 2. The van der Waals surface area contributed by atoms with Crippen molar-refractivity contribution in [3.8, 4) is 0 Å². The minimum Gasteiger partial charge on any atom is -0.462 e. The number of ether oxygens (including phenoxy) is 7. The molecule has 2 bridgehead atoms. The van der Waals surface area contributed by atoms with E-state index in [1.807, 2.05) is 6.92 Å². The second-order valence-corrected chi connectivity index (χ2v) is 32.9. The maximum Gasteiger partial charge on any atom is 0.408 e. The molecule has 1 heterocycles. The number of esters is 5. The van der Waals surface area contributed by atoms with Gasteiger partial charge in [0.25, 0.3) is 0 Å². The molecule has 7 aliphatic carbocycles. The number of carbonyl (C=O) groups is 8. The van der Waals surface area contributed by atoms with E-state index in [9.17, 15) is 33.9 Å². The fourth-order valence-corrected chi connectivity index (χ4v) is 20.3. The van der Waals surface area contributed by atoms with E-state index in [0.29, 0.717) is 46.8 Å². The molecule has 2 N–H and O–H groups in total. The van der Waals surface area contributed by atoms with Crippen molar-refractivity contribution in [1.29, 1.82) is 0 Å². The van der Waals surface area contributed by atoms with Gasteiger partial charge in [0.1, 0.15) is 53.2 Å². The summed E-state index contributed by atoms with van der Waals surface area (Å²) in [6.07, 6.45) is 6.75. The average Bonchev–Trinajstić information content (AvgIpc) is 0.757. The number of carbonyl (C=O) groups excluding carboxylic acids is 8. The van der Waals surface area contributed by atoms with Crippen molar-refractivity contribution in [1.82, 2.24) is 5.32 Å². The van der Waals surface area contributed by atoms with Gasteiger partial charge in [-0.3, -0.25) is 24.0 Å². The van der Waals surface area contributed by atoms with E-state index < -0.39 is 130 Å². The molecular formula is C79H109NO16. The number of fused-ring (bicyclic) bond motifs is 10. The number of allylic oxidation sites excluding steroid dienone is 1. The van der Waals surface area contributed by atoms with Crippen LogP contribution in [0.15, 0.2) is 83.5 Å². The molecule has 0 radical (unpaired) electrons. The third-order valence-electron chi connectivity index (χ3n) is 25.3. The maximum atomic E-state index is 15.8. The molecule has 2 aromatic carbocycles. The van der Waals surface area contributed by atoms with E-state index in [1.54, 1.807) is 116 Å². The van der Waals surface area contributed by atoms with E-state index >= 15 is 9.59 Å². The highest BCUT2D eigenvalue weighted by Gasteiger charge is 2.77. The van der Waals surface area contributed by atoms with Gasteiger partial charge in [-0.2, -0.15) is 0 Å². The molecule has 0 aromatic heterocycles. The van der Waals surface area contributed by atoms with Crippen LogP contribution in [-0.4, -0.2) is 107 Å². The minimum absolute atomic E-state index is 0.0709. The fraction of sp³-hybridized carbons (Fsp3) is 0.696. The van der Waals surface area contributed by atoms with Crippen molar-refractivity contribution in [2.24, 2.45) is 74.9 Å². The van der Waals surface area contributed by atoms with Crippen LogP contribution in [0.25, 0.3) is 0 Å². The summed E-state index contributed by atoms with van der Waals surface area (Å²) in [6.45, 7) is 29.0. The molecule has 10 rings (SSSR count). The molecule has 1 saturated heterocycles. The highest BCUT2D eigenvalue weighted by atomic mass is 16.6. The maximum absolute atomic E-state index is 15.8. The molecule has 526 valence electrons. The summed E-state index contributed by atoms with van der Waals surface area (Å²) in [4.78, 5) is 115. The van der Waals surface area contributed by atoms with Gasteiger partial charge in [-0.15, -0.1) is 0 Å². The SMILES string of the molecule is CC(=O)O[C@@]12CO[C@@H]1C[C@H](C)[C@@]1(C)C(=O)[C@H](C)C3=C(C)[C@@H](OC(=O)[C@H](OC(=O)CCC(=O)CCC(=O)O[C@H]4CC[C@@]5(C)C(=CCC6C5CC[C@@]5(C)C6CC[C@@H]5[C@H](C)CCCC(C)C)C4)[C@@H](NC(=O)OC(C)(C)C)c4ccccc4)C[C@@](O)([C@@H](OC(=O)c4ccccc4)[C@H]21)C3(C)C. The first-order valence-electron chi connectivity index (χ1n) is 36.0. The number of nitrogens with one attached hydrogen (secondary N) is 1. The summed E-state index contributed by atoms with van der Waals surface area (Å²) < 4.78 is 43.6. The molecule has 3 unspecified atom stereocenters. The third kappa shape index (κ3) is 13.7. The Morgan fingerprint density at radius 1 is 0.792 bits per heavy atom. The van der Waals surface area contributed by atoms with Gasteiger partial charge in [-0.25, -0.2) is 14.4 Å². The van der Waals surface area contributed by atoms with Gasteiger partial charge < -0.3 is 43.6 Å². The van der Waals surface area contributed by atoms with Crippen LogP contribution >= 0.6 is 0 Å². The summed E-state index contributed by atoms with van der Waals surface area (Å²) >= 11 is 0. The Morgan fingerprint density at radius 2 is 1.46 bits per heavy atom. The zero-order valence-corrected chi connectivity index (χ0v) is 59.8. The Balaban J connectivity index is 0.857. The van der Waals surface area contributed by atoms with Gasteiger partial charge >= 0.3 is 35.9 Å². The molecule has 17 heteroatoms. The number of benzene rings is 2. The van der Waals surface area contributed by atoms with E-state index in [2.05, 4.69) is 46.0 Å². The monoisotopic (exact) mass is 1330 g/mol. The van der Waals surface area contributed by atoms with Crippen LogP contribution in [-0.2, 0) is 61.9 Å². The quantitative estimate of drug-likeness (QED) is 0.0672. The minimum atomic E-state index is -2.22. The van der Waals surface area contributed by atoms with Gasteiger partial charge in [0, 0.05) is 49.4 Å². The van der Waals surface area contributed by atoms with E-state index in [0.717, 1.165) is 42.9 Å². The lowest BCUT2D eigenvalue weighted by Crippen LogP contribution is -2.80. The average molecular weight is 1330 g/mol. The summed E-state index contributed by atoms with van der Waals surface area (Å²) in [5, 5.41) is 16.9. The molecule has 1 aliphatic heterocycles. The van der Waals surface area contributed by atoms with Gasteiger partial charge in [0.15, 0.2) is 5.60 Å². The number of Topliss-reactive ketones (excluding diaryl/α,β-unsaturated/α-hetero) is 2. The predicted octanol–water partition coefficient (Wildman–Crippen LogP) is 14.4. The zero-order valence-electron chi connectivity index (χ0n) is 59.8. The van der Waals surface area contributed by atoms with E-state index in [1.165, 1.54) is 57.4 Å². The van der Waals surface area contributed by atoms with Crippen LogP contribution < -0.4 is 5.32 Å². The second-order valence-electron chi connectivity index (χ2n) is 32.9. The lowest BCUT2D eigenvalue weighted by Gasteiger charge is -2.68. The summed E-state index contributed by atoms with van der Waals surface area (Å²) in [5.74, 6) is -3.11. The molecule has 17 nitrogen and oxygen atoms in total. The van der Waals surface area contributed by atoms with Crippen molar-refractivity contribution >= 4 is 47.5 Å². The van der Waals surface area contributed by atoms with Gasteiger partial charge in [-0.1, -0.05) is 149 Å². The number of rotatable bonds is 21.